The van der Waals surface area contributed by atoms with Gasteiger partial charge in [-0.05, 0) is 60.9 Å². The smallest absolute Gasteiger partial charge is 0.264 e. The first kappa shape index (κ1) is 32.7. The van der Waals surface area contributed by atoms with Gasteiger partial charge in [0.1, 0.15) is 18.4 Å². The van der Waals surface area contributed by atoms with Crippen LogP contribution in [-0.2, 0) is 26.2 Å². The minimum Gasteiger partial charge on any atom is -0.354 e. The Hall–Kier alpha value is -2.85. The van der Waals surface area contributed by atoms with E-state index in [1.54, 1.807) is 43.3 Å². The van der Waals surface area contributed by atoms with Gasteiger partial charge in [0.05, 0.1) is 25.7 Å². The van der Waals surface area contributed by atoms with Crippen LogP contribution in [0.5, 0.6) is 0 Å². The van der Waals surface area contributed by atoms with Crippen molar-refractivity contribution < 1.29 is 22.4 Å². The summed E-state index contributed by atoms with van der Waals surface area (Å²) < 4.78 is 42.4. The van der Waals surface area contributed by atoms with Crippen molar-refractivity contribution in [2.45, 2.75) is 50.6 Å². The quantitative estimate of drug-likeness (QED) is 0.210. The average Bonchev–Trinajstić information content (AvgIpc) is 2.95. The molecule has 0 heterocycles. The van der Waals surface area contributed by atoms with Crippen LogP contribution in [0.4, 0.5) is 10.1 Å². The third-order valence-electron chi connectivity index (χ3n) is 6.35. The standard InChI is InChI=1S/C29H31Cl3FN3O4S/c1-3-5-15-34-29(38)27(4-2)35(18-20-11-13-23(30)24(31)16-20)28(37)19-36(21-12-14-26(33)25(32)17-21)41(39,40)22-9-7-6-8-10-22/h6-14,16-17,27H,3-5,15,18-19H2,1-2H3,(H,34,38). The fraction of sp³-hybridized carbons (Fsp3) is 0.310. The van der Waals surface area contributed by atoms with Gasteiger partial charge in [-0.25, -0.2) is 12.8 Å². The molecule has 12 heteroatoms. The monoisotopic (exact) mass is 641 g/mol. The second kappa shape index (κ2) is 14.9. The lowest BCUT2D eigenvalue weighted by molar-refractivity contribution is -0.140. The number of halogens is 4. The van der Waals surface area contributed by atoms with E-state index in [0.29, 0.717) is 17.1 Å². The molecule has 0 aliphatic rings. The maximum absolute atomic E-state index is 14.0. The molecule has 7 nitrogen and oxygen atoms in total. The SMILES string of the molecule is CCCCNC(=O)C(CC)N(Cc1ccc(Cl)c(Cl)c1)C(=O)CN(c1ccc(F)c(Cl)c1)S(=O)(=O)c1ccccc1. The number of carbonyl (C=O) groups is 2. The molecule has 0 radical (unpaired) electrons. The summed E-state index contributed by atoms with van der Waals surface area (Å²) in [5.74, 6) is -1.76. The number of hydrogen-bond acceptors (Lipinski definition) is 4. The minimum atomic E-state index is -4.30. The second-order valence-electron chi connectivity index (χ2n) is 9.26. The Morgan fingerprint density at radius 3 is 2.24 bits per heavy atom. The van der Waals surface area contributed by atoms with Crippen LogP contribution >= 0.6 is 34.8 Å². The van der Waals surface area contributed by atoms with Crippen LogP contribution in [0.1, 0.15) is 38.7 Å². The van der Waals surface area contributed by atoms with E-state index >= 15 is 0 Å². The van der Waals surface area contributed by atoms with Crippen molar-refractivity contribution in [3.8, 4) is 0 Å². The number of unbranched alkanes of at least 4 members (excludes halogenated alkanes) is 1. The van der Waals surface area contributed by atoms with E-state index in [0.717, 1.165) is 29.3 Å². The summed E-state index contributed by atoms with van der Waals surface area (Å²) in [6.45, 7) is 3.46. The number of hydrogen-bond donors (Lipinski definition) is 1. The Bertz CT molecular complexity index is 1480. The van der Waals surface area contributed by atoms with Crippen molar-refractivity contribution in [1.29, 1.82) is 0 Å². The molecule has 1 N–H and O–H groups in total. The molecule has 0 aliphatic heterocycles. The lowest BCUT2D eigenvalue weighted by Gasteiger charge is -2.33. The van der Waals surface area contributed by atoms with Crippen LogP contribution in [0, 0.1) is 5.82 Å². The highest BCUT2D eigenvalue weighted by atomic mass is 35.5. The van der Waals surface area contributed by atoms with E-state index in [1.165, 1.54) is 23.1 Å². The molecule has 0 bridgehead atoms. The zero-order valence-corrected chi connectivity index (χ0v) is 25.7. The third-order valence-corrected chi connectivity index (χ3v) is 9.17. The summed E-state index contributed by atoms with van der Waals surface area (Å²) in [5, 5.41) is 3.15. The molecule has 2 amide bonds. The summed E-state index contributed by atoms with van der Waals surface area (Å²) in [6, 6.07) is 14.9. The molecule has 0 fully saturated rings. The largest absolute Gasteiger partial charge is 0.354 e. The molecule has 0 saturated carbocycles. The highest BCUT2D eigenvalue weighted by Gasteiger charge is 2.34. The predicted octanol–water partition coefficient (Wildman–Crippen LogP) is 6.70. The topological polar surface area (TPSA) is 86.8 Å². The number of nitrogens with one attached hydrogen (secondary N) is 1. The average molecular weight is 643 g/mol. The summed E-state index contributed by atoms with van der Waals surface area (Å²) in [5.41, 5.74) is 0.582. The number of anilines is 1. The number of sulfonamides is 1. The minimum absolute atomic E-state index is 0.0106. The zero-order valence-electron chi connectivity index (χ0n) is 22.6. The van der Waals surface area contributed by atoms with E-state index < -0.39 is 34.3 Å². The Kier molecular flexibility index (Phi) is 11.8. The summed E-state index contributed by atoms with van der Waals surface area (Å²) in [4.78, 5) is 28.5. The van der Waals surface area contributed by atoms with E-state index in [-0.39, 0.29) is 39.5 Å². The van der Waals surface area contributed by atoms with Crippen molar-refractivity contribution in [3.05, 3.63) is 93.2 Å². The van der Waals surface area contributed by atoms with Crippen LogP contribution in [0.3, 0.4) is 0 Å². The Balaban J connectivity index is 2.06. The third kappa shape index (κ3) is 8.35. The van der Waals surface area contributed by atoms with Gasteiger partial charge >= 0.3 is 0 Å². The van der Waals surface area contributed by atoms with E-state index in [9.17, 15) is 22.4 Å². The maximum Gasteiger partial charge on any atom is 0.264 e. The van der Waals surface area contributed by atoms with Crippen LogP contribution in [0.25, 0.3) is 0 Å². The molecule has 3 aromatic carbocycles. The van der Waals surface area contributed by atoms with Crippen LogP contribution in [0.2, 0.25) is 15.1 Å². The molecule has 220 valence electrons. The summed E-state index contributed by atoms with van der Waals surface area (Å²) in [7, 11) is -4.30. The molecule has 0 spiro atoms. The van der Waals surface area contributed by atoms with Crippen LogP contribution < -0.4 is 9.62 Å². The van der Waals surface area contributed by atoms with Crippen molar-refractivity contribution in [2.24, 2.45) is 0 Å². The number of nitrogens with zero attached hydrogens (tertiary/aromatic N) is 2. The molecule has 3 rings (SSSR count). The van der Waals surface area contributed by atoms with Crippen LogP contribution in [-0.4, -0.2) is 44.3 Å². The fourth-order valence-corrected chi connectivity index (χ4v) is 6.07. The Morgan fingerprint density at radius 2 is 1.63 bits per heavy atom. The lowest BCUT2D eigenvalue weighted by Crippen LogP contribution is -2.52. The molecule has 1 atom stereocenters. The first-order valence-electron chi connectivity index (χ1n) is 13.0. The summed E-state index contributed by atoms with van der Waals surface area (Å²) >= 11 is 18.3. The molecular formula is C29H31Cl3FN3O4S. The normalized spacial score (nSPS) is 12.0. The fourth-order valence-electron chi connectivity index (χ4n) is 4.15. The highest BCUT2D eigenvalue weighted by Crippen LogP contribution is 2.29. The molecular weight excluding hydrogens is 612 g/mol. The first-order valence-corrected chi connectivity index (χ1v) is 15.6. The van der Waals surface area contributed by atoms with E-state index in [2.05, 4.69) is 5.32 Å². The van der Waals surface area contributed by atoms with Gasteiger partial charge in [-0.1, -0.05) is 79.3 Å². The molecule has 0 saturated heterocycles. The van der Waals surface area contributed by atoms with Gasteiger partial charge in [-0.15, -0.1) is 0 Å². The van der Waals surface area contributed by atoms with Crippen molar-refractivity contribution in [1.82, 2.24) is 10.2 Å². The van der Waals surface area contributed by atoms with E-state index in [1.807, 2.05) is 6.92 Å². The van der Waals surface area contributed by atoms with Gasteiger partial charge in [0.15, 0.2) is 0 Å². The molecule has 3 aromatic rings. The van der Waals surface area contributed by atoms with Gasteiger partial charge in [0.25, 0.3) is 10.0 Å². The van der Waals surface area contributed by atoms with Gasteiger partial charge in [0.2, 0.25) is 11.8 Å². The van der Waals surface area contributed by atoms with Gasteiger partial charge in [-0.2, -0.15) is 0 Å². The van der Waals surface area contributed by atoms with Gasteiger partial charge in [0, 0.05) is 13.1 Å². The lowest BCUT2D eigenvalue weighted by atomic mass is 10.1. The maximum atomic E-state index is 14.0. The number of benzene rings is 3. The van der Waals surface area contributed by atoms with Gasteiger partial charge < -0.3 is 10.2 Å². The summed E-state index contributed by atoms with van der Waals surface area (Å²) in [6.07, 6.45) is 1.89. The molecule has 41 heavy (non-hydrogen) atoms. The van der Waals surface area contributed by atoms with Crippen molar-refractivity contribution in [3.63, 3.8) is 0 Å². The predicted molar refractivity (Wildman–Crippen MR) is 161 cm³/mol. The van der Waals surface area contributed by atoms with Crippen molar-refractivity contribution in [2.75, 3.05) is 17.4 Å². The zero-order chi connectivity index (χ0) is 30.2. The first-order chi connectivity index (χ1) is 19.5. The molecule has 0 aromatic heterocycles. The van der Waals surface area contributed by atoms with Crippen LogP contribution in [0.15, 0.2) is 71.6 Å². The van der Waals surface area contributed by atoms with Crippen molar-refractivity contribution >= 4 is 62.3 Å². The Morgan fingerprint density at radius 1 is 0.927 bits per heavy atom. The molecule has 1 unspecified atom stereocenters. The number of rotatable bonds is 13. The second-order valence-corrected chi connectivity index (χ2v) is 12.3. The van der Waals surface area contributed by atoms with E-state index in [4.69, 9.17) is 34.8 Å². The highest BCUT2D eigenvalue weighted by molar-refractivity contribution is 7.92. The molecule has 0 aliphatic carbocycles. The Labute approximate surface area is 255 Å². The van der Waals surface area contributed by atoms with Gasteiger partial charge in [-0.3, -0.25) is 13.9 Å². The number of amides is 2. The number of carbonyl (C=O) groups excluding carboxylic acids is 2.